The fraction of sp³-hybridized carbons (Fsp3) is 0.238. The van der Waals surface area contributed by atoms with E-state index in [1.54, 1.807) is 11.0 Å². The number of carbonyl (C=O) groups is 2. The molecule has 7 nitrogen and oxygen atoms in total. The Morgan fingerprint density at radius 2 is 1.82 bits per heavy atom. The highest BCUT2D eigenvalue weighted by molar-refractivity contribution is 6.05. The summed E-state index contributed by atoms with van der Waals surface area (Å²) in [6, 6.07) is 13.5. The number of hydrogen-bond donors (Lipinski definition) is 1. The molecule has 2 aromatic carbocycles. The van der Waals surface area contributed by atoms with Crippen molar-refractivity contribution in [2.24, 2.45) is 0 Å². The molecule has 1 amide bonds. The number of amides is 1. The Bertz CT molecular complexity index is 1060. The van der Waals surface area contributed by atoms with E-state index in [9.17, 15) is 9.59 Å². The molecule has 142 valence electrons. The lowest BCUT2D eigenvalue weighted by atomic mass is 10.0. The van der Waals surface area contributed by atoms with Crippen LogP contribution in [0.5, 0.6) is 0 Å². The van der Waals surface area contributed by atoms with Crippen molar-refractivity contribution in [1.82, 2.24) is 14.9 Å². The Morgan fingerprint density at radius 1 is 1.11 bits per heavy atom. The summed E-state index contributed by atoms with van der Waals surface area (Å²) < 4.78 is 4.69. The van der Waals surface area contributed by atoms with E-state index in [1.165, 1.54) is 7.11 Å². The maximum Gasteiger partial charge on any atom is 0.305 e. The van der Waals surface area contributed by atoms with E-state index in [0.717, 1.165) is 16.7 Å². The van der Waals surface area contributed by atoms with E-state index in [-0.39, 0.29) is 29.9 Å². The van der Waals surface area contributed by atoms with Crippen LogP contribution in [0.1, 0.15) is 33.6 Å². The molecule has 0 aliphatic carbocycles. The third-order valence-corrected chi connectivity index (χ3v) is 4.95. The van der Waals surface area contributed by atoms with Crippen molar-refractivity contribution in [1.29, 1.82) is 0 Å². The Labute approximate surface area is 162 Å². The zero-order valence-electron chi connectivity index (χ0n) is 15.5. The first-order chi connectivity index (χ1) is 13.5. The molecule has 0 spiro atoms. The lowest BCUT2D eigenvalue weighted by Gasteiger charge is -2.16. The lowest BCUT2D eigenvalue weighted by molar-refractivity contribution is -0.140. The summed E-state index contributed by atoms with van der Waals surface area (Å²) in [4.78, 5) is 34.9. The molecular formula is C21H20N4O3. The standard InChI is InChI=1S/C21H20N4O3/c1-28-18(26)9-7-13-6-8-17-16(10-13)19(24-21(22)23-17)20(27)25-11-14-4-2-3-5-15(14)12-25/h2-6,8,10H,7,9,11-12H2,1H3,(H2,22,23,24). The number of fused-ring (bicyclic) bond motifs is 2. The number of hydrogen-bond acceptors (Lipinski definition) is 6. The number of nitrogens with zero attached hydrogens (tertiary/aromatic N) is 3. The molecule has 7 heteroatoms. The summed E-state index contributed by atoms with van der Waals surface area (Å²) in [7, 11) is 1.37. The van der Waals surface area contributed by atoms with E-state index in [4.69, 9.17) is 10.5 Å². The van der Waals surface area contributed by atoms with E-state index in [0.29, 0.717) is 30.4 Å². The summed E-state index contributed by atoms with van der Waals surface area (Å²) in [5.41, 5.74) is 9.93. The topological polar surface area (TPSA) is 98.4 Å². The van der Waals surface area contributed by atoms with Crippen LogP contribution < -0.4 is 5.73 Å². The largest absolute Gasteiger partial charge is 0.469 e. The second-order valence-corrected chi connectivity index (χ2v) is 6.79. The molecular weight excluding hydrogens is 356 g/mol. The molecule has 0 saturated carbocycles. The summed E-state index contributed by atoms with van der Waals surface area (Å²) >= 11 is 0. The van der Waals surface area contributed by atoms with Crippen molar-refractivity contribution in [2.75, 3.05) is 12.8 Å². The van der Waals surface area contributed by atoms with Crippen molar-refractivity contribution in [3.63, 3.8) is 0 Å². The van der Waals surface area contributed by atoms with Gasteiger partial charge in [-0.05, 0) is 35.2 Å². The van der Waals surface area contributed by atoms with Gasteiger partial charge >= 0.3 is 5.97 Å². The minimum Gasteiger partial charge on any atom is -0.469 e. The van der Waals surface area contributed by atoms with Crippen LogP contribution in [0.25, 0.3) is 10.9 Å². The van der Waals surface area contributed by atoms with Gasteiger partial charge in [0.15, 0.2) is 0 Å². The van der Waals surface area contributed by atoms with Gasteiger partial charge < -0.3 is 15.4 Å². The summed E-state index contributed by atoms with van der Waals surface area (Å²) in [6.45, 7) is 1.09. The van der Waals surface area contributed by atoms with Crippen molar-refractivity contribution in [3.05, 3.63) is 64.8 Å². The predicted octanol–water partition coefficient (Wildman–Crippen LogP) is 2.47. The van der Waals surface area contributed by atoms with Crippen molar-refractivity contribution in [3.8, 4) is 0 Å². The number of anilines is 1. The molecule has 0 unspecified atom stereocenters. The minimum atomic E-state index is -0.278. The molecule has 2 N–H and O–H groups in total. The van der Waals surface area contributed by atoms with Crippen molar-refractivity contribution >= 4 is 28.7 Å². The zero-order valence-corrected chi connectivity index (χ0v) is 15.5. The summed E-state index contributed by atoms with van der Waals surface area (Å²) in [5, 5.41) is 0.637. The van der Waals surface area contributed by atoms with E-state index in [2.05, 4.69) is 9.97 Å². The second kappa shape index (κ2) is 7.26. The molecule has 1 aliphatic heterocycles. The van der Waals surface area contributed by atoms with Gasteiger partial charge in [0.1, 0.15) is 5.69 Å². The molecule has 0 saturated heterocycles. The van der Waals surface area contributed by atoms with E-state index in [1.807, 2.05) is 36.4 Å². The number of nitrogen functional groups attached to an aromatic ring is 1. The maximum atomic E-state index is 13.2. The van der Waals surface area contributed by atoms with Crippen molar-refractivity contribution in [2.45, 2.75) is 25.9 Å². The number of carbonyl (C=O) groups excluding carboxylic acids is 2. The van der Waals surface area contributed by atoms with Gasteiger partial charge in [-0.1, -0.05) is 30.3 Å². The van der Waals surface area contributed by atoms with Gasteiger partial charge in [0.25, 0.3) is 5.91 Å². The Hall–Kier alpha value is -3.48. The molecule has 0 fully saturated rings. The molecule has 1 aromatic heterocycles. The highest BCUT2D eigenvalue weighted by Gasteiger charge is 2.26. The van der Waals surface area contributed by atoms with Gasteiger partial charge in [-0.3, -0.25) is 9.59 Å². The Balaban J connectivity index is 1.67. The highest BCUT2D eigenvalue weighted by atomic mass is 16.5. The van der Waals surface area contributed by atoms with Crippen LogP contribution in [-0.4, -0.2) is 33.9 Å². The third-order valence-electron chi connectivity index (χ3n) is 4.95. The minimum absolute atomic E-state index is 0.0647. The lowest BCUT2D eigenvalue weighted by Crippen LogP contribution is -2.27. The van der Waals surface area contributed by atoms with Gasteiger partial charge in [0.05, 0.1) is 12.6 Å². The van der Waals surface area contributed by atoms with Crippen molar-refractivity contribution < 1.29 is 14.3 Å². The number of aryl methyl sites for hydroxylation is 1. The molecule has 2 heterocycles. The monoisotopic (exact) mass is 376 g/mol. The maximum absolute atomic E-state index is 13.2. The fourth-order valence-electron chi connectivity index (χ4n) is 3.49. The van der Waals surface area contributed by atoms with Crippen LogP contribution in [0.4, 0.5) is 5.95 Å². The smallest absolute Gasteiger partial charge is 0.305 e. The SMILES string of the molecule is COC(=O)CCc1ccc2nc(N)nc(C(=O)N3Cc4ccccc4C3)c2c1. The molecule has 0 atom stereocenters. The van der Waals surface area contributed by atoms with Crippen LogP contribution in [0.2, 0.25) is 0 Å². The number of benzene rings is 2. The van der Waals surface area contributed by atoms with E-state index < -0.39 is 0 Å². The number of esters is 1. The zero-order chi connectivity index (χ0) is 19.7. The number of rotatable bonds is 4. The van der Waals surface area contributed by atoms with Gasteiger partial charge in [-0.15, -0.1) is 0 Å². The molecule has 28 heavy (non-hydrogen) atoms. The fourth-order valence-corrected chi connectivity index (χ4v) is 3.49. The predicted molar refractivity (Wildman–Crippen MR) is 104 cm³/mol. The van der Waals surface area contributed by atoms with Crippen LogP contribution >= 0.6 is 0 Å². The van der Waals surface area contributed by atoms with Gasteiger partial charge in [0, 0.05) is 24.9 Å². The molecule has 1 aliphatic rings. The van der Waals surface area contributed by atoms with Gasteiger partial charge in [-0.2, -0.15) is 0 Å². The average molecular weight is 376 g/mol. The number of ether oxygens (including phenoxy) is 1. The Morgan fingerprint density at radius 3 is 2.50 bits per heavy atom. The summed E-state index contributed by atoms with van der Waals surface area (Å²) in [6.07, 6.45) is 0.776. The molecule has 4 rings (SSSR count). The van der Waals surface area contributed by atoms with E-state index >= 15 is 0 Å². The highest BCUT2D eigenvalue weighted by Crippen LogP contribution is 2.26. The van der Waals surface area contributed by atoms with Crippen LogP contribution in [0, 0.1) is 0 Å². The normalized spacial score (nSPS) is 12.8. The molecule has 0 radical (unpaired) electrons. The number of aromatic nitrogens is 2. The Kier molecular flexibility index (Phi) is 4.65. The van der Waals surface area contributed by atoms with Crippen LogP contribution in [0.15, 0.2) is 42.5 Å². The van der Waals surface area contributed by atoms with Crippen LogP contribution in [0.3, 0.4) is 0 Å². The first-order valence-corrected chi connectivity index (χ1v) is 9.04. The second-order valence-electron chi connectivity index (χ2n) is 6.79. The third kappa shape index (κ3) is 3.38. The number of nitrogens with two attached hydrogens (primary N) is 1. The van der Waals surface area contributed by atoms with Gasteiger partial charge in [0.2, 0.25) is 5.95 Å². The molecule has 3 aromatic rings. The van der Waals surface area contributed by atoms with Gasteiger partial charge in [-0.25, -0.2) is 9.97 Å². The summed E-state index contributed by atoms with van der Waals surface area (Å²) in [5.74, 6) is -0.393. The average Bonchev–Trinajstić information content (AvgIpc) is 3.15. The van der Waals surface area contributed by atoms with Crippen LogP contribution in [-0.2, 0) is 29.0 Å². The first kappa shape index (κ1) is 17.9. The number of methoxy groups -OCH3 is 1. The quantitative estimate of drug-likeness (QED) is 0.703. The molecule has 0 bridgehead atoms. The first-order valence-electron chi connectivity index (χ1n) is 9.04.